The summed E-state index contributed by atoms with van der Waals surface area (Å²) in [5.41, 5.74) is 2.11. The fourth-order valence-electron chi connectivity index (χ4n) is 2.65. The van der Waals surface area contributed by atoms with Crippen LogP contribution < -0.4 is 14.8 Å². The van der Waals surface area contributed by atoms with Crippen molar-refractivity contribution in [2.24, 2.45) is 0 Å². The van der Waals surface area contributed by atoms with Crippen LogP contribution in [0.5, 0.6) is 11.5 Å². The summed E-state index contributed by atoms with van der Waals surface area (Å²) in [5, 5.41) is 3.35. The van der Waals surface area contributed by atoms with Gasteiger partial charge < -0.3 is 9.47 Å². The van der Waals surface area contributed by atoms with Crippen LogP contribution in [0.2, 0.25) is 0 Å². The number of hydrogen-bond acceptors (Lipinski definition) is 5. The first-order valence-electron chi connectivity index (χ1n) is 9.15. The number of ether oxygens (including phenoxy) is 2. The number of amides is 1. The number of aromatic nitrogens is 1. The van der Waals surface area contributed by atoms with Crippen LogP contribution in [-0.4, -0.2) is 24.1 Å². The Labute approximate surface area is 163 Å². The summed E-state index contributed by atoms with van der Waals surface area (Å²) in [6.45, 7) is 6.87. The number of nitrogens with one attached hydrogen (secondary N) is 1. The van der Waals surface area contributed by atoms with E-state index in [0.717, 1.165) is 22.4 Å². The quantitative estimate of drug-likeness (QED) is 0.578. The largest absolute Gasteiger partial charge is 0.494 e. The summed E-state index contributed by atoms with van der Waals surface area (Å²) in [7, 11) is 0. The van der Waals surface area contributed by atoms with Crippen LogP contribution in [0.1, 0.15) is 38.7 Å². The van der Waals surface area contributed by atoms with E-state index >= 15 is 0 Å². The Bertz CT molecular complexity index is 905. The number of benzene rings is 2. The summed E-state index contributed by atoms with van der Waals surface area (Å²) < 4.78 is 12.0. The van der Waals surface area contributed by atoms with Crippen molar-refractivity contribution in [2.75, 3.05) is 18.5 Å². The smallest absolute Gasteiger partial charge is 0.264 e. The molecule has 3 rings (SSSR count). The predicted octanol–water partition coefficient (Wildman–Crippen LogP) is 5.23. The lowest BCUT2D eigenvalue weighted by Crippen LogP contribution is -2.20. The summed E-state index contributed by atoms with van der Waals surface area (Å²) in [4.78, 5) is 16.6. The molecule has 0 spiro atoms. The Hall–Kier alpha value is -2.60. The fraction of sp³-hybridized carbons (Fsp3) is 0.333. The first-order chi connectivity index (χ1) is 13.1. The first kappa shape index (κ1) is 19.2. The van der Waals surface area contributed by atoms with Gasteiger partial charge in [0.2, 0.25) is 0 Å². The van der Waals surface area contributed by atoms with E-state index in [1.54, 1.807) is 0 Å². The molecule has 0 aliphatic heterocycles. The van der Waals surface area contributed by atoms with Crippen molar-refractivity contribution in [3.8, 4) is 11.5 Å². The van der Waals surface area contributed by atoms with Gasteiger partial charge in [-0.05, 0) is 55.2 Å². The summed E-state index contributed by atoms with van der Waals surface area (Å²) >= 11 is 1.42. The third-order valence-electron chi connectivity index (χ3n) is 4.35. The van der Waals surface area contributed by atoms with Gasteiger partial charge in [0.1, 0.15) is 11.5 Å². The number of fused-ring (bicyclic) bond motifs is 1. The van der Waals surface area contributed by atoms with Gasteiger partial charge in [0.05, 0.1) is 16.8 Å². The molecule has 3 aromatic rings. The monoisotopic (exact) mass is 384 g/mol. The summed E-state index contributed by atoms with van der Waals surface area (Å²) in [6, 6.07) is 13.6. The van der Waals surface area contributed by atoms with E-state index in [0.29, 0.717) is 23.4 Å². The predicted molar refractivity (Wildman–Crippen MR) is 110 cm³/mol. The Kier molecular flexibility index (Phi) is 6.29. The maximum atomic E-state index is 12.2. The number of carbonyl (C=O) groups excluding carboxylic acids is 1. The molecule has 1 aromatic heterocycles. The zero-order valence-corrected chi connectivity index (χ0v) is 16.6. The second-order valence-corrected chi connectivity index (χ2v) is 7.33. The van der Waals surface area contributed by atoms with Crippen molar-refractivity contribution in [1.82, 2.24) is 4.98 Å². The number of nitrogens with zero attached hydrogens (tertiary/aromatic N) is 1. The van der Waals surface area contributed by atoms with E-state index in [4.69, 9.17) is 9.47 Å². The van der Waals surface area contributed by atoms with Gasteiger partial charge in [-0.2, -0.15) is 0 Å². The van der Waals surface area contributed by atoms with Crippen LogP contribution in [0.25, 0.3) is 10.2 Å². The highest BCUT2D eigenvalue weighted by Gasteiger charge is 2.10. The van der Waals surface area contributed by atoms with Crippen LogP contribution in [0, 0.1) is 0 Å². The Balaban J connectivity index is 1.56. The molecule has 6 heteroatoms. The third-order valence-corrected chi connectivity index (χ3v) is 5.28. The molecule has 0 saturated carbocycles. The first-order valence-corrected chi connectivity index (χ1v) is 9.96. The van der Waals surface area contributed by atoms with E-state index in [1.165, 1.54) is 16.9 Å². The lowest BCUT2D eigenvalue weighted by atomic mass is 9.99. The number of rotatable bonds is 8. The van der Waals surface area contributed by atoms with Gasteiger partial charge >= 0.3 is 0 Å². The molecule has 0 aliphatic carbocycles. The van der Waals surface area contributed by atoms with Gasteiger partial charge in [0, 0.05) is 0 Å². The van der Waals surface area contributed by atoms with Crippen molar-refractivity contribution >= 4 is 32.6 Å². The zero-order chi connectivity index (χ0) is 19.2. The SMILES string of the molecule is CCOc1ccc2nc(NC(=O)COc3ccc([C@@H](C)CC)cc3)sc2c1. The molecule has 2 aromatic carbocycles. The standard InChI is InChI=1S/C21H24N2O3S/c1-4-14(3)15-6-8-16(9-7-15)26-13-20(24)23-21-22-18-11-10-17(25-5-2)12-19(18)27-21/h6-12,14H,4-5,13H2,1-3H3,(H,22,23,24)/t14-/m0/s1. The molecule has 1 heterocycles. The summed E-state index contributed by atoms with van der Waals surface area (Å²) in [6.07, 6.45) is 1.09. The number of thiazole rings is 1. The Morgan fingerprint density at radius 1 is 1.11 bits per heavy atom. The van der Waals surface area contributed by atoms with Gasteiger partial charge in [-0.3, -0.25) is 10.1 Å². The second kappa shape index (κ2) is 8.86. The lowest BCUT2D eigenvalue weighted by molar-refractivity contribution is -0.118. The fourth-order valence-corrected chi connectivity index (χ4v) is 3.56. The molecule has 0 radical (unpaired) electrons. The minimum atomic E-state index is -0.231. The van der Waals surface area contributed by atoms with Crippen molar-refractivity contribution < 1.29 is 14.3 Å². The highest BCUT2D eigenvalue weighted by atomic mass is 32.1. The number of anilines is 1. The summed E-state index contributed by atoms with van der Waals surface area (Å²) in [5.74, 6) is 1.77. The van der Waals surface area contributed by atoms with Gasteiger partial charge in [-0.1, -0.05) is 37.3 Å². The maximum absolute atomic E-state index is 12.2. The molecule has 1 amide bonds. The van der Waals surface area contributed by atoms with E-state index < -0.39 is 0 Å². The zero-order valence-electron chi connectivity index (χ0n) is 15.8. The topological polar surface area (TPSA) is 60.5 Å². The van der Waals surface area contributed by atoms with Gasteiger partial charge in [-0.25, -0.2) is 4.98 Å². The normalized spacial score (nSPS) is 12.0. The highest BCUT2D eigenvalue weighted by molar-refractivity contribution is 7.22. The van der Waals surface area contributed by atoms with E-state index in [9.17, 15) is 4.79 Å². The maximum Gasteiger partial charge on any atom is 0.264 e. The van der Waals surface area contributed by atoms with Crippen LogP contribution >= 0.6 is 11.3 Å². The van der Waals surface area contributed by atoms with Gasteiger partial charge in [0.25, 0.3) is 5.91 Å². The molecule has 0 bridgehead atoms. The molecule has 1 atom stereocenters. The van der Waals surface area contributed by atoms with Crippen LogP contribution in [0.15, 0.2) is 42.5 Å². The van der Waals surface area contributed by atoms with Crippen molar-refractivity contribution in [3.05, 3.63) is 48.0 Å². The van der Waals surface area contributed by atoms with Gasteiger partial charge in [-0.15, -0.1) is 0 Å². The van der Waals surface area contributed by atoms with Crippen molar-refractivity contribution in [2.45, 2.75) is 33.1 Å². The molecule has 142 valence electrons. The van der Waals surface area contributed by atoms with Crippen LogP contribution in [0.3, 0.4) is 0 Å². The average molecular weight is 385 g/mol. The number of carbonyl (C=O) groups is 1. The molecule has 5 nitrogen and oxygen atoms in total. The van der Waals surface area contributed by atoms with Gasteiger partial charge in [0.15, 0.2) is 11.7 Å². The van der Waals surface area contributed by atoms with E-state index in [2.05, 4.69) is 24.1 Å². The van der Waals surface area contributed by atoms with Crippen molar-refractivity contribution in [1.29, 1.82) is 0 Å². The van der Waals surface area contributed by atoms with Crippen molar-refractivity contribution in [3.63, 3.8) is 0 Å². The highest BCUT2D eigenvalue weighted by Crippen LogP contribution is 2.29. The lowest BCUT2D eigenvalue weighted by Gasteiger charge is -2.10. The Morgan fingerprint density at radius 2 is 1.85 bits per heavy atom. The molecular weight excluding hydrogens is 360 g/mol. The minimum Gasteiger partial charge on any atom is -0.494 e. The van der Waals surface area contributed by atoms with E-state index in [-0.39, 0.29) is 12.5 Å². The van der Waals surface area contributed by atoms with Crippen LogP contribution in [-0.2, 0) is 4.79 Å². The minimum absolute atomic E-state index is 0.0528. The molecular formula is C21H24N2O3S. The average Bonchev–Trinajstić information content (AvgIpc) is 3.08. The second-order valence-electron chi connectivity index (χ2n) is 6.30. The Morgan fingerprint density at radius 3 is 2.56 bits per heavy atom. The molecule has 0 aliphatic rings. The third kappa shape index (κ3) is 4.98. The molecule has 27 heavy (non-hydrogen) atoms. The molecule has 0 fully saturated rings. The van der Waals surface area contributed by atoms with Crippen LogP contribution in [0.4, 0.5) is 5.13 Å². The molecule has 1 N–H and O–H groups in total. The number of hydrogen-bond donors (Lipinski definition) is 1. The molecule has 0 saturated heterocycles. The van der Waals surface area contributed by atoms with E-state index in [1.807, 2.05) is 49.4 Å². The molecule has 0 unspecified atom stereocenters.